The smallest absolute Gasteiger partial charge is 0.132 e. The number of nitrogens with zero attached hydrogens (tertiary/aromatic N) is 6. The van der Waals surface area contributed by atoms with Crippen LogP contribution < -0.4 is 16.4 Å². The molecular weight excluding hydrogens is 390 g/mol. The monoisotopic (exact) mass is 415 g/mol. The van der Waals surface area contributed by atoms with E-state index in [0.717, 1.165) is 36.5 Å². The van der Waals surface area contributed by atoms with Crippen LogP contribution >= 0.6 is 0 Å². The van der Waals surface area contributed by atoms with Gasteiger partial charge in [-0.1, -0.05) is 6.07 Å². The lowest BCUT2D eigenvalue weighted by Crippen LogP contribution is -2.22. The molecule has 1 aliphatic rings. The first-order valence-electron chi connectivity index (χ1n) is 10.00. The third-order valence-electron chi connectivity index (χ3n) is 5.40. The van der Waals surface area contributed by atoms with E-state index in [1.807, 2.05) is 35.1 Å². The lowest BCUT2D eigenvalue weighted by atomic mass is 9.98. The molecule has 9 heteroatoms. The Morgan fingerprint density at radius 2 is 2.16 bits per heavy atom. The summed E-state index contributed by atoms with van der Waals surface area (Å²) in [5, 5.41) is 13.1. The number of hydrogen-bond acceptors (Lipinski definition) is 8. The molecule has 5 N–H and O–H groups in total. The summed E-state index contributed by atoms with van der Waals surface area (Å²) >= 11 is 0. The number of aromatic nitrogens is 4. The van der Waals surface area contributed by atoms with Crippen molar-refractivity contribution in [2.24, 2.45) is 10.7 Å². The van der Waals surface area contributed by atoms with Crippen molar-refractivity contribution in [1.29, 1.82) is 5.41 Å². The second-order valence-corrected chi connectivity index (χ2v) is 7.32. The number of rotatable bonds is 6. The summed E-state index contributed by atoms with van der Waals surface area (Å²) in [6.45, 7) is 1.68. The van der Waals surface area contributed by atoms with E-state index in [9.17, 15) is 0 Å². The van der Waals surface area contributed by atoms with Crippen molar-refractivity contribution in [2.45, 2.75) is 12.5 Å². The van der Waals surface area contributed by atoms with Crippen molar-refractivity contribution < 1.29 is 0 Å². The molecule has 2 aromatic heterocycles. The highest BCUT2D eigenvalue weighted by Crippen LogP contribution is 2.26. The lowest BCUT2D eigenvalue weighted by molar-refractivity contribution is 0.494. The minimum Gasteiger partial charge on any atom is -0.404 e. The number of anilines is 2. The maximum Gasteiger partial charge on any atom is 0.132 e. The van der Waals surface area contributed by atoms with E-state index in [2.05, 4.69) is 25.0 Å². The molecule has 0 saturated carbocycles. The molecule has 1 aromatic carbocycles. The van der Waals surface area contributed by atoms with E-state index < -0.39 is 0 Å². The number of allylic oxidation sites excluding steroid dienone is 1. The summed E-state index contributed by atoms with van der Waals surface area (Å²) in [5.74, 6) is 0.791. The first-order chi connectivity index (χ1) is 15.1. The summed E-state index contributed by atoms with van der Waals surface area (Å²) < 4.78 is 1.98. The van der Waals surface area contributed by atoms with Gasteiger partial charge in [-0.05, 0) is 30.2 Å². The Morgan fingerprint density at radius 3 is 2.90 bits per heavy atom. The average Bonchev–Trinajstić information content (AvgIpc) is 3.49. The topological polar surface area (TPSA) is 135 Å². The minimum atomic E-state index is 0.232. The van der Waals surface area contributed by atoms with Gasteiger partial charge < -0.3 is 16.4 Å². The Morgan fingerprint density at radius 1 is 1.29 bits per heavy atom. The summed E-state index contributed by atoms with van der Waals surface area (Å²) in [7, 11) is 1.68. The highest BCUT2D eigenvalue weighted by molar-refractivity contribution is 6.15. The van der Waals surface area contributed by atoms with Gasteiger partial charge in [0.25, 0.3) is 0 Å². The van der Waals surface area contributed by atoms with E-state index in [1.54, 1.807) is 25.5 Å². The first kappa shape index (κ1) is 20.3. The van der Waals surface area contributed by atoms with Crippen LogP contribution in [0.4, 0.5) is 11.5 Å². The van der Waals surface area contributed by atoms with Crippen LogP contribution in [0.25, 0.3) is 5.57 Å². The van der Waals surface area contributed by atoms with Crippen molar-refractivity contribution in [3.8, 4) is 0 Å². The molecule has 3 aromatic rings. The molecule has 1 aliphatic heterocycles. The van der Waals surface area contributed by atoms with Crippen LogP contribution in [0.1, 0.15) is 29.3 Å². The fourth-order valence-electron chi connectivity index (χ4n) is 3.76. The Labute approximate surface area is 180 Å². The zero-order valence-corrected chi connectivity index (χ0v) is 17.3. The number of aliphatic imine (C=N–C) groups is 1. The fraction of sp³-hybridized carbons (Fsp3) is 0.227. The van der Waals surface area contributed by atoms with Crippen molar-refractivity contribution in [2.75, 3.05) is 30.8 Å². The van der Waals surface area contributed by atoms with Crippen LogP contribution in [0.15, 0.2) is 60.2 Å². The highest BCUT2D eigenvalue weighted by atomic mass is 15.3. The molecule has 0 radical (unpaired) electrons. The normalized spacial score (nSPS) is 16.9. The Hall–Kier alpha value is -4.01. The summed E-state index contributed by atoms with van der Waals surface area (Å²) in [5.41, 5.74) is 15.3. The molecule has 1 atom stereocenters. The van der Waals surface area contributed by atoms with Crippen LogP contribution in [-0.2, 0) is 0 Å². The Kier molecular flexibility index (Phi) is 5.74. The van der Waals surface area contributed by atoms with E-state index in [0.29, 0.717) is 23.0 Å². The standard InChI is InChI=1S/C22H25N9/c1-26-12-16(11-23)15-3-4-19(24)18(9-15)22(25)20-10-21(28-14-27-20)30-8-5-17(13-30)31-7-2-6-29-31/h2-4,6-7,9-12,14,17,25H,5,8,13,23-24H2,1H3. The van der Waals surface area contributed by atoms with Gasteiger partial charge in [0.1, 0.15) is 12.1 Å². The second kappa shape index (κ2) is 8.78. The van der Waals surface area contributed by atoms with Gasteiger partial charge >= 0.3 is 0 Å². The van der Waals surface area contributed by atoms with Gasteiger partial charge in [0.2, 0.25) is 0 Å². The van der Waals surface area contributed by atoms with Crippen molar-refractivity contribution >= 4 is 29.0 Å². The largest absolute Gasteiger partial charge is 0.404 e. The SMILES string of the molecule is CN=CC(=CN)c1ccc(N)c(C(=N)c2cc(N3CCC(n4cccn4)C3)ncn2)c1. The van der Waals surface area contributed by atoms with E-state index in [1.165, 1.54) is 12.5 Å². The molecule has 0 bridgehead atoms. The van der Waals surface area contributed by atoms with Gasteiger partial charge in [0.15, 0.2) is 0 Å². The zero-order valence-electron chi connectivity index (χ0n) is 17.3. The zero-order chi connectivity index (χ0) is 21.8. The van der Waals surface area contributed by atoms with Gasteiger partial charge in [-0.2, -0.15) is 5.10 Å². The van der Waals surface area contributed by atoms with Crippen molar-refractivity contribution in [1.82, 2.24) is 19.7 Å². The molecular formula is C22H25N9. The van der Waals surface area contributed by atoms with Crippen LogP contribution in [0.2, 0.25) is 0 Å². The van der Waals surface area contributed by atoms with E-state index in [4.69, 9.17) is 16.9 Å². The van der Waals surface area contributed by atoms with Crippen molar-refractivity contribution in [3.63, 3.8) is 0 Å². The second-order valence-electron chi connectivity index (χ2n) is 7.32. The average molecular weight is 416 g/mol. The molecule has 0 spiro atoms. The fourth-order valence-corrected chi connectivity index (χ4v) is 3.76. The van der Waals surface area contributed by atoms with E-state index >= 15 is 0 Å². The lowest BCUT2D eigenvalue weighted by Gasteiger charge is -2.18. The van der Waals surface area contributed by atoms with Gasteiger partial charge in [0.05, 0.1) is 17.4 Å². The number of hydrogen-bond donors (Lipinski definition) is 3. The number of benzene rings is 1. The quantitative estimate of drug-likeness (QED) is 0.417. The summed E-state index contributed by atoms with van der Waals surface area (Å²) in [4.78, 5) is 15.0. The minimum absolute atomic E-state index is 0.232. The van der Waals surface area contributed by atoms with Gasteiger partial charge in [-0.15, -0.1) is 0 Å². The van der Waals surface area contributed by atoms with Gasteiger partial charge in [0, 0.05) is 67.8 Å². The van der Waals surface area contributed by atoms with Gasteiger partial charge in [-0.25, -0.2) is 9.97 Å². The molecule has 1 fully saturated rings. The Balaban J connectivity index is 1.59. The molecule has 0 amide bonds. The predicted molar refractivity (Wildman–Crippen MR) is 123 cm³/mol. The predicted octanol–water partition coefficient (Wildman–Crippen LogP) is 2.12. The third-order valence-corrected chi connectivity index (χ3v) is 5.40. The number of nitrogens with one attached hydrogen (secondary N) is 1. The molecule has 9 nitrogen and oxygen atoms in total. The maximum absolute atomic E-state index is 8.74. The number of nitrogen functional groups attached to an aromatic ring is 1. The molecule has 31 heavy (non-hydrogen) atoms. The Bertz CT molecular complexity index is 1130. The molecule has 4 rings (SSSR count). The first-order valence-corrected chi connectivity index (χ1v) is 10.00. The molecule has 1 saturated heterocycles. The molecule has 1 unspecified atom stereocenters. The molecule has 3 heterocycles. The van der Waals surface area contributed by atoms with Crippen LogP contribution in [-0.4, -0.2) is 51.8 Å². The maximum atomic E-state index is 8.74. The van der Waals surface area contributed by atoms with Crippen LogP contribution in [0.3, 0.4) is 0 Å². The number of nitrogens with two attached hydrogens (primary N) is 2. The molecule has 0 aliphatic carbocycles. The summed E-state index contributed by atoms with van der Waals surface area (Å²) in [6, 6.07) is 9.54. The van der Waals surface area contributed by atoms with Crippen LogP contribution in [0.5, 0.6) is 0 Å². The summed E-state index contributed by atoms with van der Waals surface area (Å²) in [6.07, 6.45) is 9.42. The molecule has 158 valence electrons. The van der Waals surface area contributed by atoms with Gasteiger partial charge in [-0.3, -0.25) is 15.1 Å². The highest BCUT2D eigenvalue weighted by Gasteiger charge is 2.25. The van der Waals surface area contributed by atoms with Crippen LogP contribution in [0, 0.1) is 5.41 Å². The third kappa shape index (κ3) is 4.16. The van der Waals surface area contributed by atoms with E-state index in [-0.39, 0.29) is 5.71 Å². The van der Waals surface area contributed by atoms with Crippen molar-refractivity contribution in [3.05, 3.63) is 72.1 Å².